The highest BCUT2D eigenvalue weighted by Gasteiger charge is 2.12. The van der Waals surface area contributed by atoms with E-state index in [0.29, 0.717) is 0 Å². The standard InChI is InChI=1S/C12H15NO/c1-8-5-10(3)11(6-9(8)2)12(7-13)14-4/h5-6,12H,1-4H3. The number of hydrogen-bond donors (Lipinski definition) is 0. The highest BCUT2D eigenvalue weighted by molar-refractivity contribution is 5.39. The van der Waals surface area contributed by atoms with E-state index in [2.05, 4.69) is 19.1 Å². The van der Waals surface area contributed by atoms with Crippen molar-refractivity contribution in [2.45, 2.75) is 26.9 Å². The van der Waals surface area contributed by atoms with Crippen molar-refractivity contribution in [2.24, 2.45) is 0 Å². The van der Waals surface area contributed by atoms with Crippen LogP contribution in [0.4, 0.5) is 0 Å². The van der Waals surface area contributed by atoms with Gasteiger partial charge in [0, 0.05) is 7.11 Å². The number of rotatable bonds is 2. The molecule has 0 aliphatic carbocycles. The molecule has 1 rings (SSSR count). The molecular formula is C12H15NO. The van der Waals surface area contributed by atoms with Crippen molar-refractivity contribution in [1.82, 2.24) is 0 Å². The molecule has 1 unspecified atom stereocenters. The van der Waals surface area contributed by atoms with Crippen LogP contribution in [0, 0.1) is 32.1 Å². The van der Waals surface area contributed by atoms with E-state index >= 15 is 0 Å². The fraction of sp³-hybridized carbons (Fsp3) is 0.417. The lowest BCUT2D eigenvalue weighted by atomic mass is 9.98. The smallest absolute Gasteiger partial charge is 0.168 e. The molecule has 0 fully saturated rings. The van der Waals surface area contributed by atoms with Gasteiger partial charge in [-0.25, -0.2) is 0 Å². The molecule has 0 aliphatic heterocycles. The molecule has 0 saturated heterocycles. The summed E-state index contributed by atoms with van der Waals surface area (Å²) in [4.78, 5) is 0. The quantitative estimate of drug-likeness (QED) is 0.716. The SMILES string of the molecule is COC(C#N)c1cc(C)c(C)cc1C. The molecule has 0 aromatic heterocycles. The maximum Gasteiger partial charge on any atom is 0.168 e. The highest BCUT2D eigenvalue weighted by Crippen LogP contribution is 2.23. The first-order chi connectivity index (χ1) is 6.60. The van der Waals surface area contributed by atoms with Crippen molar-refractivity contribution < 1.29 is 4.74 Å². The summed E-state index contributed by atoms with van der Waals surface area (Å²) < 4.78 is 5.10. The number of nitrogens with zero attached hydrogens (tertiary/aromatic N) is 1. The maximum atomic E-state index is 8.89. The molecule has 0 N–H and O–H groups in total. The molecule has 0 aliphatic rings. The van der Waals surface area contributed by atoms with Gasteiger partial charge >= 0.3 is 0 Å². The van der Waals surface area contributed by atoms with Gasteiger partial charge < -0.3 is 4.74 Å². The molecule has 0 saturated carbocycles. The van der Waals surface area contributed by atoms with E-state index in [1.54, 1.807) is 7.11 Å². The second-order valence-electron chi connectivity index (χ2n) is 3.54. The summed E-state index contributed by atoms with van der Waals surface area (Å²) in [7, 11) is 1.56. The number of aryl methyl sites for hydroxylation is 3. The zero-order chi connectivity index (χ0) is 10.7. The lowest BCUT2D eigenvalue weighted by Gasteiger charge is -2.13. The van der Waals surface area contributed by atoms with Gasteiger partial charge in [0.1, 0.15) is 0 Å². The molecule has 1 aromatic carbocycles. The average Bonchev–Trinajstić information content (AvgIpc) is 2.15. The third-order valence-electron chi connectivity index (χ3n) is 2.52. The summed E-state index contributed by atoms with van der Waals surface area (Å²) in [5.74, 6) is 0. The number of ether oxygens (including phenoxy) is 1. The Morgan fingerprint density at radius 2 is 1.71 bits per heavy atom. The first kappa shape index (κ1) is 10.7. The van der Waals surface area contributed by atoms with Gasteiger partial charge in [0.2, 0.25) is 0 Å². The van der Waals surface area contributed by atoms with Crippen molar-refractivity contribution in [2.75, 3.05) is 7.11 Å². The predicted molar refractivity (Wildman–Crippen MR) is 56.0 cm³/mol. The number of benzene rings is 1. The zero-order valence-corrected chi connectivity index (χ0v) is 9.09. The summed E-state index contributed by atoms with van der Waals surface area (Å²) in [6.07, 6.45) is -0.450. The molecule has 0 spiro atoms. The lowest BCUT2D eigenvalue weighted by molar-refractivity contribution is 0.148. The van der Waals surface area contributed by atoms with Crippen LogP contribution in [0.3, 0.4) is 0 Å². The third-order valence-corrected chi connectivity index (χ3v) is 2.52. The molecule has 0 radical (unpaired) electrons. The highest BCUT2D eigenvalue weighted by atomic mass is 16.5. The summed E-state index contributed by atoms with van der Waals surface area (Å²) in [5.41, 5.74) is 4.53. The topological polar surface area (TPSA) is 33.0 Å². The Labute approximate surface area is 85.1 Å². The predicted octanol–water partition coefficient (Wildman–Crippen LogP) is 2.82. The second kappa shape index (κ2) is 4.26. The van der Waals surface area contributed by atoms with E-state index in [1.807, 2.05) is 19.9 Å². The Kier molecular flexibility index (Phi) is 3.27. The average molecular weight is 189 g/mol. The summed E-state index contributed by atoms with van der Waals surface area (Å²) >= 11 is 0. The maximum absolute atomic E-state index is 8.89. The van der Waals surface area contributed by atoms with E-state index in [0.717, 1.165) is 11.1 Å². The van der Waals surface area contributed by atoms with Crippen molar-refractivity contribution in [3.05, 3.63) is 34.4 Å². The minimum absolute atomic E-state index is 0.450. The summed E-state index contributed by atoms with van der Waals surface area (Å²) in [5, 5.41) is 8.89. The molecule has 0 heterocycles. The zero-order valence-electron chi connectivity index (χ0n) is 9.09. The monoisotopic (exact) mass is 189 g/mol. The number of hydrogen-bond acceptors (Lipinski definition) is 2. The van der Waals surface area contributed by atoms with Crippen LogP contribution < -0.4 is 0 Å². The Morgan fingerprint density at radius 1 is 1.14 bits per heavy atom. The van der Waals surface area contributed by atoms with Gasteiger partial charge in [-0.1, -0.05) is 12.1 Å². The fourth-order valence-corrected chi connectivity index (χ4v) is 1.51. The van der Waals surface area contributed by atoms with Crippen LogP contribution in [0.15, 0.2) is 12.1 Å². The minimum Gasteiger partial charge on any atom is -0.362 e. The van der Waals surface area contributed by atoms with Crippen molar-refractivity contribution in [3.63, 3.8) is 0 Å². The molecule has 1 aromatic rings. The van der Waals surface area contributed by atoms with Gasteiger partial charge in [-0.2, -0.15) is 5.26 Å². The second-order valence-corrected chi connectivity index (χ2v) is 3.54. The third kappa shape index (κ3) is 1.94. The van der Waals surface area contributed by atoms with E-state index in [4.69, 9.17) is 10.00 Å². The Hall–Kier alpha value is -1.33. The van der Waals surface area contributed by atoms with Crippen LogP contribution in [0.2, 0.25) is 0 Å². The molecule has 2 nitrogen and oxygen atoms in total. The number of methoxy groups -OCH3 is 1. The van der Waals surface area contributed by atoms with Gasteiger partial charge in [-0.3, -0.25) is 0 Å². The molecular weight excluding hydrogens is 174 g/mol. The lowest BCUT2D eigenvalue weighted by Crippen LogP contribution is -2.02. The van der Waals surface area contributed by atoms with E-state index in [9.17, 15) is 0 Å². The first-order valence-electron chi connectivity index (χ1n) is 4.60. The van der Waals surface area contributed by atoms with Gasteiger partial charge in [-0.05, 0) is 43.0 Å². The minimum atomic E-state index is -0.450. The van der Waals surface area contributed by atoms with Crippen LogP contribution in [0.5, 0.6) is 0 Å². The van der Waals surface area contributed by atoms with Crippen LogP contribution in [-0.2, 0) is 4.74 Å². The fourth-order valence-electron chi connectivity index (χ4n) is 1.51. The van der Waals surface area contributed by atoms with Crippen LogP contribution in [0.1, 0.15) is 28.4 Å². The largest absolute Gasteiger partial charge is 0.362 e. The van der Waals surface area contributed by atoms with E-state index < -0.39 is 6.10 Å². The summed E-state index contributed by atoms with van der Waals surface area (Å²) in [6.45, 7) is 6.12. The van der Waals surface area contributed by atoms with Crippen molar-refractivity contribution in [3.8, 4) is 6.07 Å². The molecule has 1 atom stereocenters. The molecule has 2 heteroatoms. The molecule has 0 bridgehead atoms. The molecule has 74 valence electrons. The van der Waals surface area contributed by atoms with Crippen molar-refractivity contribution >= 4 is 0 Å². The Bertz CT molecular complexity index is 377. The molecule has 0 amide bonds. The van der Waals surface area contributed by atoms with Gasteiger partial charge in [0.25, 0.3) is 0 Å². The van der Waals surface area contributed by atoms with E-state index in [-0.39, 0.29) is 0 Å². The Balaban J connectivity index is 3.22. The Morgan fingerprint density at radius 3 is 2.21 bits per heavy atom. The first-order valence-corrected chi connectivity index (χ1v) is 4.60. The van der Waals surface area contributed by atoms with Gasteiger partial charge in [-0.15, -0.1) is 0 Å². The van der Waals surface area contributed by atoms with Gasteiger partial charge in [0.15, 0.2) is 6.10 Å². The normalized spacial score (nSPS) is 12.2. The molecule has 14 heavy (non-hydrogen) atoms. The van der Waals surface area contributed by atoms with Crippen molar-refractivity contribution in [1.29, 1.82) is 5.26 Å². The van der Waals surface area contributed by atoms with Crippen LogP contribution in [-0.4, -0.2) is 7.11 Å². The number of nitriles is 1. The van der Waals surface area contributed by atoms with Crippen LogP contribution in [0.25, 0.3) is 0 Å². The summed E-state index contributed by atoms with van der Waals surface area (Å²) in [6, 6.07) is 6.25. The van der Waals surface area contributed by atoms with Crippen LogP contribution >= 0.6 is 0 Å². The van der Waals surface area contributed by atoms with Gasteiger partial charge in [0.05, 0.1) is 6.07 Å². The van der Waals surface area contributed by atoms with E-state index in [1.165, 1.54) is 11.1 Å².